The Morgan fingerprint density at radius 3 is 2.61 bits per heavy atom. The van der Waals surface area contributed by atoms with Crippen molar-refractivity contribution in [2.45, 2.75) is 19.4 Å². The van der Waals surface area contributed by atoms with Crippen LogP contribution >= 0.6 is 0 Å². The largest absolute Gasteiger partial charge is 0.494 e. The van der Waals surface area contributed by atoms with Crippen LogP contribution in [0.4, 0.5) is 0 Å². The van der Waals surface area contributed by atoms with Crippen molar-refractivity contribution in [3.8, 4) is 5.75 Å². The number of rotatable bonds is 7. The fourth-order valence-corrected chi connectivity index (χ4v) is 2.38. The van der Waals surface area contributed by atoms with Gasteiger partial charge in [0.05, 0.1) is 18.4 Å². The molecule has 1 aromatic carbocycles. The molecule has 0 aliphatic rings. The molecule has 3 N–H and O–H groups in total. The van der Waals surface area contributed by atoms with Crippen molar-refractivity contribution < 1.29 is 13.2 Å². The highest BCUT2D eigenvalue weighted by atomic mass is 32.2. The topological polar surface area (TPSA) is 81.4 Å². The van der Waals surface area contributed by atoms with Crippen LogP contribution in [0.5, 0.6) is 5.75 Å². The zero-order valence-electron chi connectivity index (χ0n) is 10.7. The SMILES string of the molecule is CCOc1ccccc1C(CCS(C)(=O)=O)NN. The summed E-state index contributed by atoms with van der Waals surface area (Å²) in [4.78, 5) is 0. The lowest BCUT2D eigenvalue weighted by atomic mass is 10.0. The summed E-state index contributed by atoms with van der Waals surface area (Å²) < 4.78 is 27.9. The molecule has 0 saturated carbocycles. The lowest BCUT2D eigenvalue weighted by Gasteiger charge is -2.19. The van der Waals surface area contributed by atoms with Gasteiger partial charge in [-0.15, -0.1) is 0 Å². The van der Waals surface area contributed by atoms with Crippen LogP contribution in [-0.4, -0.2) is 27.0 Å². The molecule has 0 saturated heterocycles. The quantitative estimate of drug-likeness (QED) is 0.572. The van der Waals surface area contributed by atoms with Crippen LogP contribution in [0, 0.1) is 0 Å². The first kappa shape index (κ1) is 14.9. The van der Waals surface area contributed by atoms with E-state index in [0.29, 0.717) is 13.0 Å². The molecule has 0 aromatic heterocycles. The Hall–Kier alpha value is -1.11. The van der Waals surface area contributed by atoms with Crippen molar-refractivity contribution in [1.82, 2.24) is 5.43 Å². The van der Waals surface area contributed by atoms with E-state index >= 15 is 0 Å². The average molecular weight is 272 g/mol. The van der Waals surface area contributed by atoms with Gasteiger partial charge in [-0.05, 0) is 19.4 Å². The number of nitrogens with one attached hydrogen (secondary N) is 1. The van der Waals surface area contributed by atoms with E-state index in [-0.39, 0.29) is 11.8 Å². The predicted octanol–water partition coefficient (Wildman–Crippen LogP) is 1.02. The molecule has 0 spiro atoms. The average Bonchev–Trinajstić information content (AvgIpc) is 2.31. The van der Waals surface area contributed by atoms with Crippen LogP contribution in [0.2, 0.25) is 0 Å². The number of para-hydroxylation sites is 1. The monoisotopic (exact) mass is 272 g/mol. The van der Waals surface area contributed by atoms with E-state index in [4.69, 9.17) is 10.6 Å². The van der Waals surface area contributed by atoms with Crippen molar-refractivity contribution in [3.05, 3.63) is 29.8 Å². The summed E-state index contributed by atoms with van der Waals surface area (Å²) in [6.07, 6.45) is 1.63. The third kappa shape index (κ3) is 4.64. The molecular formula is C12H20N2O3S. The summed E-state index contributed by atoms with van der Waals surface area (Å²) >= 11 is 0. The third-order valence-electron chi connectivity index (χ3n) is 2.57. The molecule has 0 aliphatic carbocycles. The zero-order valence-corrected chi connectivity index (χ0v) is 11.5. The van der Waals surface area contributed by atoms with Crippen molar-refractivity contribution in [3.63, 3.8) is 0 Å². The number of hydrogen-bond acceptors (Lipinski definition) is 5. The Kier molecular flexibility index (Phi) is 5.58. The highest BCUT2D eigenvalue weighted by Gasteiger charge is 2.16. The first-order valence-electron chi connectivity index (χ1n) is 5.83. The highest BCUT2D eigenvalue weighted by molar-refractivity contribution is 7.90. The van der Waals surface area contributed by atoms with Gasteiger partial charge in [-0.3, -0.25) is 11.3 Å². The van der Waals surface area contributed by atoms with Crippen molar-refractivity contribution in [1.29, 1.82) is 0 Å². The second kappa shape index (κ2) is 6.72. The van der Waals surface area contributed by atoms with Gasteiger partial charge >= 0.3 is 0 Å². The predicted molar refractivity (Wildman–Crippen MR) is 72.0 cm³/mol. The summed E-state index contributed by atoms with van der Waals surface area (Å²) in [7, 11) is -3.00. The molecular weight excluding hydrogens is 252 g/mol. The van der Waals surface area contributed by atoms with Gasteiger partial charge in [-0.1, -0.05) is 18.2 Å². The first-order chi connectivity index (χ1) is 8.48. The van der Waals surface area contributed by atoms with Crippen LogP contribution in [0.3, 0.4) is 0 Å². The van der Waals surface area contributed by atoms with Gasteiger partial charge in [-0.2, -0.15) is 0 Å². The number of hydrazine groups is 1. The molecule has 0 radical (unpaired) electrons. The number of nitrogens with two attached hydrogens (primary N) is 1. The minimum Gasteiger partial charge on any atom is -0.494 e. The van der Waals surface area contributed by atoms with Gasteiger partial charge in [0.2, 0.25) is 0 Å². The number of sulfone groups is 1. The van der Waals surface area contributed by atoms with Crippen LogP contribution < -0.4 is 16.0 Å². The van der Waals surface area contributed by atoms with Crippen LogP contribution in [-0.2, 0) is 9.84 Å². The smallest absolute Gasteiger partial charge is 0.147 e. The molecule has 6 heteroatoms. The van der Waals surface area contributed by atoms with E-state index in [1.165, 1.54) is 6.26 Å². The fourth-order valence-electron chi connectivity index (χ4n) is 1.72. The number of hydrogen-bond donors (Lipinski definition) is 2. The Labute approximate surface area is 108 Å². The Morgan fingerprint density at radius 2 is 2.06 bits per heavy atom. The Bertz CT molecular complexity index is 474. The summed E-state index contributed by atoms with van der Waals surface area (Å²) in [6, 6.07) is 7.25. The molecule has 0 bridgehead atoms. The molecule has 5 nitrogen and oxygen atoms in total. The molecule has 1 rings (SSSR count). The van der Waals surface area contributed by atoms with E-state index in [9.17, 15) is 8.42 Å². The van der Waals surface area contributed by atoms with Crippen LogP contribution in [0.1, 0.15) is 24.9 Å². The second-order valence-electron chi connectivity index (χ2n) is 4.11. The van der Waals surface area contributed by atoms with E-state index in [0.717, 1.165) is 11.3 Å². The maximum atomic E-state index is 11.2. The standard InChI is InChI=1S/C12H20N2O3S/c1-3-17-12-7-5-4-6-10(12)11(14-13)8-9-18(2,15)16/h4-7,11,14H,3,8-9,13H2,1-2H3. The lowest BCUT2D eigenvalue weighted by Crippen LogP contribution is -2.30. The van der Waals surface area contributed by atoms with Crippen molar-refractivity contribution in [2.24, 2.45) is 5.84 Å². The van der Waals surface area contributed by atoms with Crippen molar-refractivity contribution >= 4 is 9.84 Å². The lowest BCUT2D eigenvalue weighted by molar-refractivity contribution is 0.330. The highest BCUT2D eigenvalue weighted by Crippen LogP contribution is 2.26. The molecule has 1 unspecified atom stereocenters. The van der Waals surface area contributed by atoms with E-state index in [2.05, 4.69) is 5.43 Å². The van der Waals surface area contributed by atoms with E-state index in [1.54, 1.807) is 0 Å². The first-order valence-corrected chi connectivity index (χ1v) is 7.89. The number of benzene rings is 1. The van der Waals surface area contributed by atoms with Crippen molar-refractivity contribution in [2.75, 3.05) is 18.6 Å². The molecule has 102 valence electrons. The van der Waals surface area contributed by atoms with Gasteiger partial charge in [-0.25, -0.2) is 8.42 Å². The summed E-state index contributed by atoms with van der Waals surface area (Å²) in [6.45, 7) is 2.46. The van der Waals surface area contributed by atoms with Gasteiger partial charge in [0, 0.05) is 11.8 Å². The van der Waals surface area contributed by atoms with Gasteiger partial charge in [0.1, 0.15) is 15.6 Å². The van der Waals surface area contributed by atoms with Crippen LogP contribution in [0.25, 0.3) is 0 Å². The molecule has 1 aromatic rings. The fraction of sp³-hybridized carbons (Fsp3) is 0.500. The van der Waals surface area contributed by atoms with Crippen LogP contribution in [0.15, 0.2) is 24.3 Å². The molecule has 0 aliphatic heterocycles. The maximum absolute atomic E-state index is 11.2. The molecule has 0 amide bonds. The Balaban J connectivity index is 2.87. The summed E-state index contributed by atoms with van der Waals surface area (Å²) in [5.41, 5.74) is 3.53. The molecule has 0 fully saturated rings. The molecule has 0 heterocycles. The normalized spacial score (nSPS) is 13.3. The second-order valence-corrected chi connectivity index (χ2v) is 6.37. The van der Waals surface area contributed by atoms with Gasteiger partial charge in [0.25, 0.3) is 0 Å². The van der Waals surface area contributed by atoms with E-state index in [1.807, 2.05) is 31.2 Å². The Morgan fingerprint density at radius 1 is 1.39 bits per heavy atom. The third-order valence-corrected chi connectivity index (χ3v) is 3.55. The maximum Gasteiger partial charge on any atom is 0.147 e. The molecule has 1 atom stereocenters. The van der Waals surface area contributed by atoms with Gasteiger partial charge < -0.3 is 4.74 Å². The summed E-state index contributed by atoms with van der Waals surface area (Å²) in [5, 5.41) is 0. The number of ether oxygens (including phenoxy) is 1. The zero-order chi connectivity index (χ0) is 13.6. The minimum absolute atomic E-state index is 0.0856. The summed E-state index contributed by atoms with van der Waals surface area (Å²) in [5.74, 6) is 6.32. The molecule has 18 heavy (non-hydrogen) atoms. The van der Waals surface area contributed by atoms with Gasteiger partial charge in [0.15, 0.2) is 0 Å². The minimum atomic E-state index is -3.00. The van der Waals surface area contributed by atoms with E-state index < -0.39 is 9.84 Å².